The molecule has 32 heavy (non-hydrogen) atoms. The van der Waals surface area contributed by atoms with Gasteiger partial charge in [0, 0.05) is 17.7 Å². The molecule has 3 N–H and O–H groups in total. The van der Waals surface area contributed by atoms with Gasteiger partial charge in [0.15, 0.2) is 0 Å². The summed E-state index contributed by atoms with van der Waals surface area (Å²) in [4.78, 5) is 12.7. The number of nitrogens with one attached hydrogen (secondary N) is 1. The van der Waals surface area contributed by atoms with Crippen LogP contribution in [-0.4, -0.2) is 46.1 Å². The number of nitrogens with zero attached hydrogens (tertiary/aromatic N) is 7. The van der Waals surface area contributed by atoms with Crippen LogP contribution in [-0.2, 0) is 4.79 Å². The molecule has 0 saturated heterocycles. The molecule has 164 valence electrons. The molecule has 1 fully saturated rings. The summed E-state index contributed by atoms with van der Waals surface area (Å²) in [5.74, 6) is 7.65. The van der Waals surface area contributed by atoms with Crippen molar-refractivity contribution in [1.82, 2.24) is 34.4 Å². The first-order valence-corrected chi connectivity index (χ1v) is 11.3. The first-order valence-electron chi connectivity index (χ1n) is 10.3. The predicted molar refractivity (Wildman–Crippen MR) is 122 cm³/mol. The van der Waals surface area contributed by atoms with E-state index in [4.69, 9.17) is 10.9 Å². The Morgan fingerprint density at radius 3 is 2.59 bits per heavy atom. The van der Waals surface area contributed by atoms with Crippen LogP contribution in [0.1, 0.15) is 35.8 Å². The van der Waals surface area contributed by atoms with Gasteiger partial charge in [0.1, 0.15) is 5.82 Å². The molecule has 5 rings (SSSR count). The number of anilines is 1. The average molecular weight is 450 g/mol. The van der Waals surface area contributed by atoms with Crippen molar-refractivity contribution in [2.75, 3.05) is 16.9 Å². The lowest BCUT2D eigenvalue weighted by atomic mass is 10.3. The van der Waals surface area contributed by atoms with Crippen LogP contribution < -0.4 is 11.2 Å². The maximum Gasteiger partial charge on any atom is 0.271 e. The lowest BCUT2D eigenvalue weighted by Crippen LogP contribution is -2.19. The van der Waals surface area contributed by atoms with Crippen LogP contribution >= 0.6 is 11.8 Å². The van der Waals surface area contributed by atoms with Gasteiger partial charge in [-0.25, -0.2) is 14.0 Å². The zero-order chi connectivity index (χ0) is 22.2. The largest absolute Gasteiger partial charge is 0.334 e. The number of benzene rings is 1. The van der Waals surface area contributed by atoms with E-state index in [-0.39, 0.29) is 11.7 Å². The Kier molecular flexibility index (Phi) is 5.17. The Labute approximate surface area is 188 Å². The topological polar surface area (TPSA) is 121 Å². The van der Waals surface area contributed by atoms with Crippen LogP contribution in [0.25, 0.3) is 11.6 Å². The monoisotopic (exact) mass is 449 g/mol. The summed E-state index contributed by atoms with van der Waals surface area (Å²) in [7, 11) is 0. The number of thioether (sulfide) groups is 1. The fraction of sp³-hybridized carbons (Fsp3) is 0.286. The molecule has 1 saturated carbocycles. The van der Waals surface area contributed by atoms with Crippen LogP contribution in [0.2, 0.25) is 0 Å². The fourth-order valence-corrected chi connectivity index (χ4v) is 4.14. The van der Waals surface area contributed by atoms with Crippen LogP contribution in [0.5, 0.6) is 0 Å². The highest BCUT2D eigenvalue weighted by Gasteiger charge is 2.28. The number of amides is 1. The first-order chi connectivity index (χ1) is 15.5. The maximum absolute atomic E-state index is 12.7. The highest BCUT2D eigenvalue weighted by atomic mass is 32.2. The fourth-order valence-electron chi connectivity index (χ4n) is 3.49. The number of nitrogen functional groups attached to an aromatic ring is 1. The summed E-state index contributed by atoms with van der Waals surface area (Å²) in [5, 5.41) is 20.7. The van der Waals surface area contributed by atoms with Gasteiger partial charge >= 0.3 is 0 Å². The summed E-state index contributed by atoms with van der Waals surface area (Å²) in [5.41, 5.74) is 3.67. The molecule has 0 radical (unpaired) electrons. The Balaban J connectivity index is 1.30. The van der Waals surface area contributed by atoms with Gasteiger partial charge in [-0.1, -0.05) is 30.0 Å². The van der Waals surface area contributed by atoms with Gasteiger partial charge in [-0.3, -0.25) is 4.79 Å². The molecule has 1 aliphatic carbocycles. The molecule has 3 aromatic heterocycles. The lowest BCUT2D eigenvalue weighted by molar-refractivity contribution is -0.113. The number of hydrogen-bond donors (Lipinski definition) is 2. The van der Waals surface area contributed by atoms with Crippen molar-refractivity contribution < 1.29 is 4.79 Å². The summed E-state index contributed by atoms with van der Waals surface area (Å²) in [6.45, 7) is 3.82. The molecule has 10 nitrogen and oxygen atoms in total. The van der Waals surface area contributed by atoms with E-state index in [9.17, 15) is 4.79 Å². The van der Waals surface area contributed by atoms with Crippen molar-refractivity contribution >= 4 is 23.5 Å². The molecule has 0 bridgehead atoms. The molecule has 1 aromatic carbocycles. The summed E-state index contributed by atoms with van der Waals surface area (Å²) in [6.07, 6.45) is 2.28. The lowest BCUT2D eigenvalue weighted by Gasteiger charge is -2.09. The van der Waals surface area contributed by atoms with E-state index in [1.807, 2.05) is 56.3 Å². The summed E-state index contributed by atoms with van der Waals surface area (Å²) in [6, 6.07) is 13.7. The van der Waals surface area contributed by atoms with Gasteiger partial charge in [-0.15, -0.1) is 10.2 Å². The first kappa shape index (κ1) is 20.3. The van der Waals surface area contributed by atoms with Crippen molar-refractivity contribution in [3.05, 3.63) is 59.5 Å². The number of aryl methyl sites for hydroxylation is 2. The van der Waals surface area contributed by atoms with E-state index in [1.54, 1.807) is 9.36 Å². The number of rotatable bonds is 7. The number of aromatic nitrogens is 7. The zero-order valence-electron chi connectivity index (χ0n) is 17.8. The Morgan fingerprint density at radius 2 is 1.91 bits per heavy atom. The Bertz CT molecular complexity index is 1270. The SMILES string of the molecule is Cc1cc(C)n(-c2nnc(SCC(=O)Nc3cc(C4CC4)nn3-c3ccccc3)n2N)n1. The van der Waals surface area contributed by atoms with E-state index in [1.165, 1.54) is 16.4 Å². The Hall–Kier alpha value is -3.60. The molecule has 0 spiro atoms. The Morgan fingerprint density at radius 1 is 1.12 bits per heavy atom. The number of para-hydroxylation sites is 1. The second-order valence-electron chi connectivity index (χ2n) is 7.80. The number of carbonyl (C=O) groups is 1. The molecular formula is C21H23N9OS. The van der Waals surface area contributed by atoms with Gasteiger partial charge in [0.2, 0.25) is 11.1 Å². The minimum Gasteiger partial charge on any atom is -0.334 e. The van der Waals surface area contributed by atoms with E-state index in [2.05, 4.69) is 20.6 Å². The highest BCUT2D eigenvalue weighted by Crippen LogP contribution is 2.40. The third-order valence-electron chi connectivity index (χ3n) is 5.17. The van der Waals surface area contributed by atoms with E-state index >= 15 is 0 Å². The number of hydrogen-bond acceptors (Lipinski definition) is 7. The van der Waals surface area contributed by atoms with Crippen molar-refractivity contribution in [2.45, 2.75) is 37.8 Å². The van der Waals surface area contributed by atoms with Crippen LogP contribution in [0.3, 0.4) is 0 Å². The van der Waals surface area contributed by atoms with Gasteiger partial charge < -0.3 is 11.2 Å². The van der Waals surface area contributed by atoms with Gasteiger partial charge in [0.25, 0.3) is 5.95 Å². The predicted octanol–water partition coefficient (Wildman–Crippen LogP) is 2.59. The molecule has 3 heterocycles. The van der Waals surface area contributed by atoms with Crippen LogP contribution in [0.15, 0.2) is 47.6 Å². The highest BCUT2D eigenvalue weighted by molar-refractivity contribution is 7.99. The van der Waals surface area contributed by atoms with Crippen molar-refractivity contribution in [3.63, 3.8) is 0 Å². The van der Waals surface area contributed by atoms with Crippen LogP contribution in [0.4, 0.5) is 5.82 Å². The van der Waals surface area contributed by atoms with Gasteiger partial charge in [-0.2, -0.15) is 10.2 Å². The molecular weight excluding hydrogens is 426 g/mol. The van der Waals surface area contributed by atoms with Gasteiger partial charge in [0.05, 0.1) is 22.8 Å². The third kappa shape index (κ3) is 3.98. The minimum absolute atomic E-state index is 0.130. The maximum atomic E-state index is 12.7. The van der Waals surface area contributed by atoms with Crippen molar-refractivity contribution in [1.29, 1.82) is 0 Å². The van der Waals surface area contributed by atoms with Crippen molar-refractivity contribution in [2.24, 2.45) is 0 Å². The molecule has 0 atom stereocenters. The molecule has 11 heteroatoms. The van der Waals surface area contributed by atoms with Crippen molar-refractivity contribution in [3.8, 4) is 11.6 Å². The van der Waals surface area contributed by atoms with Crippen LogP contribution in [0, 0.1) is 13.8 Å². The summed E-state index contributed by atoms with van der Waals surface area (Å²) < 4.78 is 4.75. The normalized spacial score (nSPS) is 13.4. The van der Waals surface area contributed by atoms with E-state index in [0.29, 0.717) is 22.8 Å². The third-order valence-corrected chi connectivity index (χ3v) is 6.11. The smallest absolute Gasteiger partial charge is 0.271 e. The molecule has 1 aliphatic rings. The molecule has 0 unspecified atom stereocenters. The van der Waals surface area contributed by atoms with E-state index in [0.717, 1.165) is 35.6 Å². The number of carbonyl (C=O) groups excluding carboxylic acids is 1. The molecule has 0 aliphatic heterocycles. The summed E-state index contributed by atoms with van der Waals surface area (Å²) >= 11 is 1.21. The second-order valence-corrected chi connectivity index (χ2v) is 8.75. The number of nitrogens with two attached hydrogens (primary N) is 1. The quantitative estimate of drug-likeness (QED) is 0.328. The molecule has 4 aromatic rings. The molecule has 1 amide bonds. The standard InChI is InChI=1S/C21H23N9OS/c1-13-10-14(2)29(26-13)20-24-25-21(28(20)22)32-12-19(31)23-18-11-17(15-8-9-15)27-30(18)16-6-4-3-5-7-16/h3-7,10-11,15H,8-9,12,22H2,1-2H3,(H,23,31). The van der Waals surface area contributed by atoms with E-state index < -0.39 is 0 Å². The minimum atomic E-state index is -0.176. The van der Waals surface area contributed by atoms with Gasteiger partial charge in [-0.05, 0) is 44.9 Å². The second kappa shape index (κ2) is 8.15. The average Bonchev–Trinajstić information content (AvgIpc) is 3.33. The zero-order valence-corrected chi connectivity index (χ0v) is 18.6.